The predicted molar refractivity (Wildman–Crippen MR) is 127 cm³/mol. The number of amides is 1. The summed E-state index contributed by atoms with van der Waals surface area (Å²) in [5.74, 6) is -1.62. The maximum Gasteiger partial charge on any atom is 0.416 e. The number of benzene rings is 2. The number of carboxylic acids is 1. The number of fused-ring (bicyclic) bond motifs is 1. The lowest BCUT2D eigenvalue weighted by Gasteiger charge is -2.27. The molecule has 1 aliphatic rings. The van der Waals surface area contributed by atoms with E-state index in [4.69, 9.17) is 4.74 Å². The number of hydrogen-bond acceptors (Lipinski definition) is 5. The van der Waals surface area contributed by atoms with Crippen molar-refractivity contribution in [2.75, 3.05) is 6.54 Å². The first kappa shape index (κ1) is 24.0. The van der Waals surface area contributed by atoms with Crippen LogP contribution in [-0.4, -0.2) is 45.3 Å². The first-order chi connectivity index (χ1) is 16.8. The number of carbonyl (C=O) groups excluding carboxylic acids is 2. The van der Waals surface area contributed by atoms with E-state index in [9.17, 15) is 29.4 Å². The maximum atomic E-state index is 13.3. The van der Waals surface area contributed by atoms with Crippen LogP contribution in [0.5, 0.6) is 0 Å². The number of nitrogens with one attached hydrogen (secondary N) is 1. The molecule has 9 heteroatoms. The topological polar surface area (TPSA) is 135 Å². The second kappa shape index (κ2) is 10.4. The first-order valence-electron chi connectivity index (χ1n) is 11.4. The average Bonchev–Trinajstić information content (AvgIpc) is 3.27. The fourth-order valence-corrected chi connectivity index (χ4v) is 4.66. The highest BCUT2D eigenvalue weighted by Gasteiger charge is 2.31. The Kier molecular flexibility index (Phi) is 7.14. The average molecular weight is 479 g/mol. The first-order valence-corrected chi connectivity index (χ1v) is 11.4. The molecule has 1 heterocycles. The van der Waals surface area contributed by atoms with Crippen LogP contribution in [0.15, 0.2) is 54.7 Å². The molecular weight excluding hydrogens is 452 g/mol. The van der Waals surface area contributed by atoms with Gasteiger partial charge in [0.2, 0.25) is 0 Å². The standard InChI is InChI=1S/C26H26N2O7/c29-23(20-14-28(26(33)34)21-8-4-7-19(22(20)21)24(30)31)18-11-9-16(10-12-18)13-27-25(32)35-15-17-5-2-1-3-6-17/h1-8,14,16,18H,9-13,15H2,(H,27,32)(H,30,31)(H,33,34). The second-order valence-electron chi connectivity index (χ2n) is 8.72. The van der Waals surface area contributed by atoms with E-state index in [0.29, 0.717) is 32.2 Å². The molecule has 0 saturated heterocycles. The van der Waals surface area contributed by atoms with Crippen LogP contribution in [0.4, 0.5) is 9.59 Å². The van der Waals surface area contributed by atoms with E-state index in [1.165, 1.54) is 24.4 Å². The molecule has 1 fully saturated rings. The normalized spacial score (nSPS) is 17.6. The number of rotatable bonds is 7. The summed E-state index contributed by atoms with van der Waals surface area (Å²) in [7, 11) is 0. The molecule has 0 aliphatic heterocycles. The number of aromatic nitrogens is 1. The van der Waals surface area contributed by atoms with E-state index < -0.39 is 18.2 Å². The largest absolute Gasteiger partial charge is 0.478 e. The Bertz CT molecular complexity index is 1260. The van der Waals surface area contributed by atoms with Gasteiger partial charge in [0.15, 0.2) is 5.78 Å². The summed E-state index contributed by atoms with van der Waals surface area (Å²) in [5, 5.41) is 22.0. The van der Waals surface area contributed by atoms with Gasteiger partial charge in [-0.25, -0.2) is 14.4 Å². The van der Waals surface area contributed by atoms with Crippen molar-refractivity contribution < 1.29 is 34.1 Å². The fraction of sp³-hybridized carbons (Fsp3) is 0.308. The van der Waals surface area contributed by atoms with Crippen molar-refractivity contribution in [1.29, 1.82) is 0 Å². The Morgan fingerprint density at radius 2 is 1.63 bits per heavy atom. The van der Waals surface area contributed by atoms with Gasteiger partial charge in [0.1, 0.15) is 6.61 Å². The van der Waals surface area contributed by atoms with Crippen molar-refractivity contribution in [3.8, 4) is 0 Å². The van der Waals surface area contributed by atoms with Gasteiger partial charge in [-0.1, -0.05) is 36.4 Å². The third-order valence-corrected chi connectivity index (χ3v) is 6.50. The summed E-state index contributed by atoms with van der Waals surface area (Å²) >= 11 is 0. The third-order valence-electron chi connectivity index (χ3n) is 6.50. The number of alkyl carbamates (subject to hydrolysis) is 1. The Hall–Kier alpha value is -4.14. The minimum Gasteiger partial charge on any atom is -0.478 e. The molecule has 3 N–H and O–H groups in total. The number of Topliss-reactive ketones (excluding diaryl/α,β-unsaturated/α-hetero) is 1. The van der Waals surface area contributed by atoms with Gasteiger partial charge in [0, 0.05) is 29.6 Å². The summed E-state index contributed by atoms with van der Waals surface area (Å²) < 4.78 is 6.12. The summed E-state index contributed by atoms with van der Waals surface area (Å²) in [4.78, 5) is 48.7. The van der Waals surface area contributed by atoms with Crippen molar-refractivity contribution in [2.45, 2.75) is 32.3 Å². The highest BCUT2D eigenvalue weighted by Crippen LogP contribution is 2.34. The van der Waals surface area contributed by atoms with Crippen molar-refractivity contribution in [3.63, 3.8) is 0 Å². The highest BCUT2D eigenvalue weighted by atomic mass is 16.5. The quantitative estimate of drug-likeness (QED) is 0.416. The van der Waals surface area contributed by atoms with E-state index in [1.807, 2.05) is 30.3 Å². The van der Waals surface area contributed by atoms with Crippen LogP contribution < -0.4 is 5.32 Å². The zero-order chi connectivity index (χ0) is 24.9. The number of nitrogens with zero attached hydrogens (tertiary/aromatic N) is 1. The molecule has 1 aliphatic carbocycles. The van der Waals surface area contributed by atoms with Crippen molar-refractivity contribution in [3.05, 3.63) is 71.4 Å². The Labute approximate surface area is 201 Å². The smallest absolute Gasteiger partial charge is 0.416 e. The molecule has 182 valence electrons. The zero-order valence-electron chi connectivity index (χ0n) is 19.0. The number of hydrogen-bond donors (Lipinski definition) is 3. The summed E-state index contributed by atoms with van der Waals surface area (Å²) in [6, 6.07) is 13.7. The number of ether oxygens (including phenoxy) is 1. The second-order valence-corrected chi connectivity index (χ2v) is 8.72. The van der Waals surface area contributed by atoms with Crippen LogP contribution in [0.1, 0.15) is 52.0 Å². The molecule has 0 atom stereocenters. The molecule has 1 amide bonds. The lowest BCUT2D eigenvalue weighted by Crippen LogP contribution is -2.32. The van der Waals surface area contributed by atoms with Crippen molar-refractivity contribution >= 4 is 34.8 Å². The van der Waals surface area contributed by atoms with Crippen LogP contribution in [0.25, 0.3) is 10.9 Å². The number of carbonyl (C=O) groups is 4. The van der Waals surface area contributed by atoms with E-state index in [-0.39, 0.29) is 46.3 Å². The van der Waals surface area contributed by atoms with Gasteiger partial charge in [-0.3, -0.25) is 9.36 Å². The summed E-state index contributed by atoms with van der Waals surface area (Å²) in [5.41, 5.74) is 1.09. The minimum absolute atomic E-state index is 0.0993. The number of ketones is 1. The molecule has 0 bridgehead atoms. The van der Waals surface area contributed by atoms with E-state index in [1.54, 1.807) is 0 Å². The monoisotopic (exact) mass is 478 g/mol. The van der Waals surface area contributed by atoms with Gasteiger partial charge in [0.25, 0.3) is 0 Å². The minimum atomic E-state index is -1.29. The number of aromatic carboxylic acids is 1. The van der Waals surface area contributed by atoms with E-state index >= 15 is 0 Å². The van der Waals surface area contributed by atoms with Gasteiger partial charge < -0.3 is 20.3 Å². The predicted octanol–water partition coefficient (Wildman–Crippen LogP) is 4.78. The van der Waals surface area contributed by atoms with Crippen LogP contribution >= 0.6 is 0 Å². The fourth-order valence-electron chi connectivity index (χ4n) is 4.66. The molecule has 0 spiro atoms. The van der Waals surface area contributed by atoms with Gasteiger partial charge in [0.05, 0.1) is 11.1 Å². The van der Waals surface area contributed by atoms with Gasteiger partial charge in [-0.05, 0) is 49.3 Å². The van der Waals surface area contributed by atoms with Crippen LogP contribution in [0.2, 0.25) is 0 Å². The van der Waals surface area contributed by atoms with Crippen molar-refractivity contribution in [2.24, 2.45) is 11.8 Å². The highest BCUT2D eigenvalue weighted by molar-refractivity contribution is 6.16. The summed E-state index contributed by atoms with van der Waals surface area (Å²) in [6.07, 6.45) is 1.99. The number of carboxylic acid groups (broad SMARTS) is 2. The van der Waals surface area contributed by atoms with Crippen molar-refractivity contribution in [1.82, 2.24) is 9.88 Å². The van der Waals surface area contributed by atoms with Crippen LogP contribution in [0.3, 0.4) is 0 Å². The zero-order valence-corrected chi connectivity index (χ0v) is 19.0. The molecule has 0 unspecified atom stereocenters. The maximum absolute atomic E-state index is 13.3. The molecule has 1 aromatic heterocycles. The van der Waals surface area contributed by atoms with E-state index in [0.717, 1.165) is 10.1 Å². The molecule has 9 nitrogen and oxygen atoms in total. The summed E-state index contributed by atoms with van der Waals surface area (Å²) in [6.45, 7) is 0.631. The molecule has 1 saturated carbocycles. The molecule has 3 aromatic rings. The van der Waals surface area contributed by atoms with Gasteiger partial charge in [-0.15, -0.1) is 0 Å². The van der Waals surface area contributed by atoms with Crippen LogP contribution in [-0.2, 0) is 11.3 Å². The lowest BCUT2D eigenvalue weighted by molar-refractivity contribution is 0.0698. The SMILES string of the molecule is O=C(NCC1CCC(C(=O)c2cn(C(=O)O)c3cccc(C(=O)O)c23)CC1)OCc1ccccc1. The third kappa shape index (κ3) is 5.34. The lowest BCUT2D eigenvalue weighted by atomic mass is 9.78. The molecule has 35 heavy (non-hydrogen) atoms. The molecule has 4 rings (SSSR count). The Morgan fingerprint density at radius 3 is 2.29 bits per heavy atom. The Morgan fingerprint density at radius 1 is 0.914 bits per heavy atom. The van der Waals surface area contributed by atoms with E-state index in [2.05, 4.69) is 5.32 Å². The van der Waals surface area contributed by atoms with Gasteiger partial charge >= 0.3 is 18.2 Å². The molecule has 2 aromatic carbocycles. The molecule has 0 radical (unpaired) electrons. The molecular formula is C26H26N2O7. The van der Waals surface area contributed by atoms with Crippen LogP contribution in [0, 0.1) is 11.8 Å². The Balaban J connectivity index is 1.37. The van der Waals surface area contributed by atoms with Gasteiger partial charge in [-0.2, -0.15) is 0 Å².